The van der Waals surface area contributed by atoms with Crippen LogP contribution in [0, 0.1) is 11.2 Å². The summed E-state index contributed by atoms with van der Waals surface area (Å²) in [6.07, 6.45) is 1.59. The monoisotopic (exact) mass is 258 g/mol. The number of nitrogens with one attached hydrogen (secondary N) is 1. The molecule has 0 saturated carbocycles. The second-order valence-electron chi connectivity index (χ2n) is 4.04. The van der Waals surface area contributed by atoms with Crippen molar-refractivity contribution in [1.29, 1.82) is 5.41 Å². The third-order valence-corrected chi connectivity index (χ3v) is 2.77. The van der Waals surface area contributed by atoms with Gasteiger partial charge in [0.05, 0.1) is 0 Å². The zero-order valence-electron chi connectivity index (χ0n) is 10.6. The number of aromatic nitrogens is 1. The fraction of sp³-hybridized carbons (Fsp3) is 0.143. The molecule has 0 amide bonds. The molecule has 19 heavy (non-hydrogen) atoms. The molecule has 0 saturated heterocycles. The van der Waals surface area contributed by atoms with Gasteiger partial charge < -0.3 is 10.6 Å². The number of nitrogens with two attached hydrogens (primary N) is 1. The van der Waals surface area contributed by atoms with Gasteiger partial charge in [-0.25, -0.2) is 4.39 Å². The normalized spacial score (nSPS) is 10.2. The standard InChI is InChI=1S/C14H15FN4/c1-2-19(11-5-3-4-10(15)8-11)12-6-7-18-13(9-12)14(16)17/h3-9H,2H2,1H3,(H3,16,17). The van der Waals surface area contributed by atoms with Crippen molar-refractivity contribution in [2.24, 2.45) is 5.73 Å². The number of nitrogen functional groups attached to an aromatic ring is 1. The predicted molar refractivity (Wildman–Crippen MR) is 74.3 cm³/mol. The molecule has 1 heterocycles. The Morgan fingerprint density at radius 2 is 2.05 bits per heavy atom. The summed E-state index contributed by atoms with van der Waals surface area (Å²) in [4.78, 5) is 5.94. The highest BCUT2D eigenvalue weighted by Gasteiger charge is 2.09. The average Bonchev–Trinajstić information content (AvgIpc) is 2.40. The number of pyridine rings is 1. The Labute approximate surface area is 111 Å². The van der Waals surface area contributed by atoms with Gasteiger partial charge in [0, 0.05) is 24.1 Å². The Hall–Kier alpha value is -2.43. The third-order valence-electron chi connectivity index (χ3n) is 2.77. The van der Waals surface area contributed by atoms with Crippen molar-refractivity contribution in [1.82, 2.24) is 4.98 Å². The number of amidine groups is 1. The molecule has 0 fully saturated rings. The van der Waals surface area contributed by atoms with Crippen LogP contribution in [-0.2, 0) is 0 Å². The van der Waals surface area contributed by atoms with Crippen molar-refractivity contribution in [2.75, 3.05) is 11.4 Å². The van der Waals surface area contributed by atoms with E-state index in [2.05, 4.69) is 4.98 Å². The minimum atomic E-state index is -0.281. The van der Waals surface area contributed by atoms with E-state index in [4.69, 9.17) is 11.1 Å². The van der Waals surface area contributed by atoms with Crippen molar-refractivity contribution in [3.05, 3.63) is 54.1 Å². The zero-order chi connectivity index (χ0) is 13.8. The highest BCUT2D eigenvalue weighted by atomic mass is 19.1. The van der Waals surface area contributed by atoms with E-state index in [-0.39, 0.29) is 11.7 Å². The van der Waals surface area contributed by atoms with Crippen LogP contribution in [0.4, 0.5) is 15.8 Å². The Morgan fingerprint density at radius 1 is 1.32 bits per heavy atom. The van der Waals surface area contributed by atoms with Crippen LogP contribution >= 0.6 is 0 Å². The number of hydrogen-bond acceptors (Lipinski definition) is 3. The largest absolute Gasteiger partial charge is 0.382 e. The van der Waals surface area contributed by atoms with E-state index in [9.17, 15) is 4.39 Å². The molecule has 0 spiro atoms. The predicted octanol–water partition coefficient (Wildman–Crippen LogP) is 2.66. The van der Waals surface area contributed by atoms with E-state index in [0.29, 0.717) is 12.2 Å². The van der Waals surface area contributed by atoms with Gasteiger partial charge in [-0.3, -0.25) is 10.4 Å². The van der Waals surface area contributed by atoms with Crippen LogP contribution in [0.15, 0.2) is 42.6 Å². The molecule has 1 aromatic heterocycles. The number of nitrogens with zero attached hydrogens (tertiary/aromatic N) is 2. The summed E-state index contributed by atoms with van der Waals surface area (Å²) in [7, 11) is 0. The molecule has 0 aliphatic heterocycles. The third kappa shape index (κ3) is 2.88. The lowest BCUT2D eigenvalue weighted by atomic mass is 10.2. The summed E-state index contributed by atoms with van der Waals surface area (Å²) < 4.78 is 13.3. The van der Waals surface area contributed by atoms with Crippen molar-refractivity contribution in [3.63, 3.8) is 0 Å². The number of benzene rings is 1. The molecule has 0 unspecified atom stereocenters. The molecule has 1 aromatic carbocycles. The molecule has 2 aromatic rings. The minimum absolute atomic E-state index is 0.0860. The molecule has 4 nitrogen and oxygen atoms in total. The Balaban J connectivity index is 2.42. The second-order valence-corrected chi connectivity index (χ2v) is 4.04. The SMILES string of the molecule is CCN(c1cccc(F)c1)c1ccnc(C(=N)N)c1. The van der Waals surface area contributed by atoms with Gasteiger partial charge in [-0.2, -0.15) is 0 Å². The maximum Gasteiger partial charge on any atom is 0.141 e. The molecule has 0 radical (unpaired) electrons. The molecule has 2 rings (SSSR count). The number of halogens is 1. The fourth-order valence-electron chi connectivity index (χ4n) is 1.89. The summed E-state index contributed by atoms with van der Waals surface area (Å²) in [6.45, 7) is 2.64. The molecular weight excluding hydrogens is 243 g/mol. The maximum absolute atomic E-state index is 13.3. The van der Waals surface area contributed by atoms with E-state index in [1.807, 2.05) is 17.9 Å². The highest BCUT2D eigenvalue weighted by molar-refractivity contribution is 5.94. The molecule has 3 N–H and O–H groups in total. The van der Waals surface area contributed by atoms with E-state index < -0.39 is 0 Å². The first-order chi connectivity index (χ1) is 9.11. The summed E-state index contributed by atoms with van der Waals surface area (Å²) >= 11 is 0. The number of rotatable bonds is 4. The van der Waals surface area contributed by atoms with Gasteiger partial charge >= 0.3 is 0 Å². The Morgan fingerprint density at radius 3 is 2.68 bits per heavy atom. The Bertz CT molecular complexity index is 598. The van der Waals surface area contributed by atoms with Crippen molar-refractivity contribution in [2.45, 2.75) is 6.92 Å². The molecular formula is C14H15FN4. The van der Waals surface area contributed by atoms with Crippen molar-refractivity contribution >= 4 is 17.2 Å². The van der Waals surface area contributed by atoms with E-state index in [1.165, 1.54) is 12.1 Å². The molecule has 0 atom stereocenters. The van der Waals surface area contributed by atoms with Crippen LogP contribution in [0.25, 0.3) is 0 Å². The summed E-state index contributed by atoms with van der Waals surface area (Å²) in [5.74, 6) is -0.367. The van der Waals surface area contributed by atoms with Crippen LogP contribution in [0.1, 0.15) is 12.6 Å². The first kappa shape index (κ1) is 13.0. The summed E-state index contributed by atoms with van der Waals surface area (Å²) in [5.41, 5.74) is 7.42. The van der Waals surface area contributed by atoms with E-state index in [1.54, 1.807) is 24.4 Å². The van der Waals surface area contributed by atoms with Gasteiger partial charge in [-0.1, -0.05) is 6.07 Å². The molecule has 0 bridgehead atoms. The summed E-state index contributed by atoms with van der Waals surface area (Å²) in [5, 5.41) is 7.41. The molecule has 5 heteroatoms. The lowest BCUT2D eigenvalue weighted by Gasteiger charge is -2.23. The minimum Gasteiger partial charge on any atom is -0.382 e. The van der Waals surface area contributed by atoms with E-state index in [0.717, 1.165) is 11.4 Å². The molecule has 0 aliphatic rings. The van der Waals surface area contributed by atoms with Crippen molar-refractivity contribution in [3.8, 4) is 0 Å². The molecule has 98 valence electrons. The van der Waals surface area contributed by atoms with Gasteiger partial charge in [0.25, 0.3) is 0 Å². The van der Waals surface area contributed by atoms with Crippen LogP contribution in [-0.4, -0.2) is 17.4 Å². The van der Waals surface area contributed by atoms with Crippen LogP contribution in [0.5, 0.6) is 0 Å². The quantitative estimate of drug-likeness (QED) is 0.654. The fourth-order valence-corrected chi connectivity index (χ4v) is 1.89. The summed E-state index contributed by atoms with van der Waals surface area (Å²) in [6, 6.07) is 9.90. The first-order valence-corrected chi connectivity index (χ1v) is 5.95. The maximum atomic E-state index is 13.3. The Kier molecular flexibility index (Phi) is 3.75. The van der Waals surface area contributed by atoms with Crippen LogP contribution < -0.4 is 10.6 Å². The van der Waals surface area contributed by atoms with Crippen molar-refractivity contribution < 1.29 is 4.39 Å². The lowest BCUT2D eigenvalue weighted by Crippen LogP contribution is -2.18. The van der Waals surface area contributed by atoms with Gasteiger partial charge in [0.1, 0.15) is 17.3 Å². The average molecular weight is 258 g/mol. The highest BCUT2D eigenvalue weighted by Crippen LogP contribution is 2.25. The van der Waals surface area contributed by atoms with Gasteiger partial charge in [-0.15, -0.1) is 0 Å². The number of hydrogen-bond donors (Lipinski definition) is 2. The lowest BCUT2D eigenvalue weighted by molar-refractivity contribution is 0.627. The van der Waals surface area contributed by atoms with Crippen LogP contribution in [0.3, 0.4) is 0 Å². The topological polar surface area (TPSA) is 66.0 Å². The van der Waals surface area contributed by atoms with Gasteiger partial charge in [0.2, 0.25) is 0 Å². The zero-order valence-corrected chi connectivity index (χ0v) is 10.6. The second kappa shape index (κ2) is 5.48. The van der Waals surface area contributed by atoms with Crippen LogP contribution in [0.2, 0.25) is 0 Å². The number of anilines is 2. The van der Waals surface area contributed by atoms with E-state index >= 15 is 0 Å². The smallest absolute Gasteiger partial charge is 0.141 e. The van der Waals surface area contributed by atoms with Gasteiger partial charge in [-0.05, 0) is 37.3 Å². The first-order valence-electron chi connectivity index (χ1n) is 5.95. The van der Waals surface area contributed by atoms with Gasteiger partial charge in [0.15, 0.2) is 0 Å². The molecule has 0 aliphatic carbocycles.